The lowest BCUT2D eigenvalue weighted by Gasteiger charge is -2.03. The molecule has 0 saturated heterocycles. The van der Waals surface area contributed by atoms with E-state index in [1.807, 2.05) is 0 Å². The van der Waals surface area contributed by atoms with Gasteiger partial charge in [-0.15, -0.1) is 0 Å². The summed E-state index contributed by atoms with van der Waals surface area (Å²) in [6, 6.07) is 0. The van der Waals surface area contributed by atoms with Gasteiger partial charge in [0.05, 0.1) is 26.4 Å². The summed E-state index contributed by atoms with van der Waals surface area (Å²) in [5.74, 6) is 0. The Hall–Kier alpha value is 0.180. The normalized spacial score (nSPS) is 12.8. The summed E-state index contributed by atoms with van der Waals surface area (Å²) >= 11 is 0. The van der Waals surface area contributed by atoms with Gasteiger partial charge in [-0.1, -0.05) is 0 Å². The number of methoxy groups -OCH3 is 1. The molecular weight excluding hydrogens is 243 g/mol. The van der Waals surface area contributed by atoms with Crippen LogP contribution in [-0.2, 0) is 9.47 Å². The van der Waals surface area contributed by atoms with Gasteiger partial charge in [0, 0.05) is 15.6 Å². The molecule has 0 saturated carbocycles. The fourth-order valence-electron chi connectivity index (χ4n) is 0.668. The van der Waals surface area contributed by atoms with Crippen LogP contribution in [0.15, 0.2) is 0 Å². The van der Waals surface area contributed by atoms with Crippen LogP contribution in [0.5, 0.6) is 0 Å². The second-order valence-electron chi connectivity index (χ2n) is 2.25. The minimum atomic E-state index is -0.795. The van der Waals surface area contributed by atoms with Gasteiger partial charge in [-0.25, -0.2) is 0 Å². The standard InChI is InChI=1S/C5H14N3O3P3/c1-9-2-3-10-4-5-11-14-7-12-6-13-8-14/h7,12H,2-5H2,1H3,(H,6,8). The Bertz CT molecular complexity index is 240. The van der Waals surface area contributed by atoms with Crippen LogP contribution in [0.25, 0.3) is 0 Å². The number of nitrogens with zero attached hydrogens (tertiary/aromatic N) is 1. The van der Waals surface area contributed by atoms with Crippen LogP contribution in [0.1, 0.15) is 0 Å². The third-order valence-corrected chi connectivity index (χ3v) is 4.75. The van der Waals surface area contributed by atoms with Crippen LogP contribution in [0.3, 0.4) is 0 Å². The lowest BCUT2D eigenvalue weighted by molar-refractivity contribution is 0.0609. The van der Waals surface area contributed by atoms with Crippen molar-refractivity contribution >= 4 is 25.1 Å². The number of nitrogens with one attached hydrogen (secondary N) is 2. The maximum atomic E-state index is 5.44. The molecule has 9 heteroatoms. The molecule has 0 aliphatic carbocycles. The highest BCUT2D eigenvalue weighted by Crippen LogP contribution is 2.17. The Morgan fingerprint density at radius 1 is 1.36 bits per heavy atom. The maximum absolute atomic E-state index is 5.44. The van der Waals surface area contributed by atoms with Gasteiger partial charge in [0.2, 0.25) is 8.08 Å². The quantitative estimate of drug-likeness (QED) is 0.727. The molecule has 0 fully saturated rings. The van der Waals surface area contributed by atoms with Crippen molar-refractivity contribution in [3.8, 4) is 0 Å². The Morgan fingerprint density at radius 3 is 2.93 bits per heavy atom. The van der Waals surface area contributed by atoms with Gasteiger partial charge in [0.25, 0.3) is 0 Å². The van der Waals surface area contributed by atoms with Crippen LogP contribution in [0.2, 0.25) is 0 Å². The average Bonchev–Trinajstić information content (AvgIpc) is 2.25. The number of hydrogen-bond donors (Lipinski definition) is 2. The lowest BCUT2D eigenvalue weighted by atomic mass is 10.7. The van der Waals surface area contributed by atoms with Crippen LogP contribution in [0, 0.1) is 0 Å². The summed E-state index contributed by atoms with van der Waals surface area (Å²) < 4.78 is 25.9. The van der Waals surface area contributed by atoms with Crippen molar-refractivity contribution in [2.24, 2.45) is 0 Å². The number of ether oxygens (including phenoxy) is 2. The highest BCUT2D eigenvalue weighted by atomic mass is 31.2. The van der Waals surface area contributed by atoms with Crippen molar-refractivity contribution in [3.05, 3.63) is 0 Å². The average molecular weight is 257 g/mol. The topological polar surface area (TPSA) is 72.2 Å². The molecule has 0 bridgehead atoms. The van der Waals surface area contributed by atoms with Gasteiger partial charge in [-0.3, -0.25) is 4.51 Å². The lowest BCUT2D eigenvalue weighted by Crippen LogP contribution is -2.09. The molecule has 0 aliphatic heterocycles. The molecule has 0 spiro atoms. The zero-order valence-electron chi connectivity index (χ0n) is 7.89. The second-order valence-corrected chi connectivity index (χ2v) is 6.01. The van der Waals surface area contributed by atoms with Crippen molar-refractivity contribution in [2.75, 3.05) is 33.5 Å². The van der Waals surface area contributed by atoms with Crippen molar-refractivity contribution < 1.29 is 14.0 Å². The molecule has 2 N–H and O–H groups in total. The second kappa shape index (κ2) is 8.49. The Kier molecular flexibility index (Phi) is 7.42. The van der Waals surface area contributed by atoms with Crippen LogP contribution >= 0.6 is 25.1 Å². The zero-order chi connectivity index (χ0) is 10.1. The molecule has 14 heavy (non-hydrogen) atoms. The number of aromatic amines is 2. The number of hydrogen-bond acceptors (Lipinski definition) is 4. The minimum absolute atomic E-state index is 0.531. The van der Waals surface area contributed by atoms with E-state index in [4.69, 9.17) is 14.0 Å². The van der Waals surface area contributed by atoms with Gasteiger partial charge in [-0.2, -0.15) is 4.51 Å². The van der Waals surface area contributed by atoms with Gasteiger partial charge in [-0.05, 0) is 0 Å². The van der Waals surface area contributed by atoms with E-state index in [2.05, 4.69) is 13.5 Å². The molecule has 1 aromatic rings. The zero-order valence-corrected chi connectivity index (χ0v) is 10.7. The van der Waals surface area contributed by atoms with E-state index in [9.17, 15) is 0 Å². The van der Waals surface area contributed by atoms with E-state index in [1.165, 1.54) is 0 Å². The van der Waals surface area contributed by atoms with Gasteiger partial charge in [0.1, 0.15) is 8.51 Å². The predicted molar refractivity (Wildman–Crippen MR) is 59.4 cm³/mol. The number of H-pyrrole nitrogens is 2. The summed E-state index contributed by atoms with van der Waals surface area (Å²) in [4.78, 5) is 0. The first-order chi connectivity index (χ1) is 6.93. The van der Waals surface area contributed by atoms with Crippen LogP contribution in [-0.4, -0.2) is 47.1 Å². The fourth-order valence-corrected chi connectivity index (χ4v) is 4.10. The van der Waals surface area contributed by atoms with Crippen LogP contribution in [0.4, 0.5) is 0 Å². The summed E-state index contributed by atoms with van der Waals surface area (Å²) in [6.45, 7) is 2.41. The third-order valence-electron chi connectivity index (χ3n) is 1.26. The largest absolute Gasteiger partial charge is 0.382 e. The summed E-state index contributed by atoms with van der Waals surface area (Å²) in [7, 11) is 2.29. The first-order valence-corrected chi connectivity index (χ1v) is 7.15. The smallest absolute Gasteiger partial charge is 0.203 e. The van der Waals surface area contributed by atoms with E-state index in [0.29, 0.717) is 34.9 Å². The maximum Gasteiger partial charge on any atom is 0.203 e. The van der Waals surface area contributed by atoms with Crippen molar-refractivity contribution in [1.82, 2.24) is 13.5 Å². The molecule has 2 unspecified atom stereocenters. The van der Waals surface area contributed by atoms with E-state index in [0.717, 1.165) is 8.51 Å². The van der Waals surface area contributed by atoms with Crippen molar-refractivity contribution in [2.45, 2.75) is 0 Å². The molecule has 0 aliphatic rings. The molecule has 0 amide bonds. The van der Waals surface area contributed by atoms with E-state index in [-0.39, 0.29) is 0 Å². The summed E-state index contributed by atoms with van der Waals surface area (Å²) in [5, 5.41) is 0. The first-order valence-electron chi connectivity index (χ1n) is 4.09. The Balaban J connectivity index is 1.99. The van der Waals surface area contributed by atoms with Crippen molar-refractivity contribution in [3.63, 3.8) is 0 Å². The van der Waals surface area contributed by atoms with E-state index in [1.54, 1.807) is 7.11 Å². The van der Waals surface area contributed by atoms with Crippen molar-refractivity contribution in [1.29, 1.82) is 0 Å². The van der Waals surface area contributed by atoms with E-state index >= 15 is 0 Å². The minimum Gasteiger partial charge on any atom is -0.382 e. The molecule has 1 aromatic heterocycles. The molecule has 0 radical (unpaired) electrons. The Labute approximate surface area is 86.8 Å². The fraction of sp³-hybridized carbons (Fsp3) is 1.00. The molecule has 1 heterocycles. The molecule has 0 aromatic carbocycles. The molecule has 82 valence electrons. The molecule has 2 atom stereocenters. The molecule has 1 rings (SSSR count). The van der Waals surface area contributed by atoms with Gasteiger partial charge in [0.15, 0.2) is 0 Å². The highest BCUT2D eigenvalue weighted by molar-refractivity contribution is 7.50. The predicted octanol–water partition coefficient (Wildman–Crippen LogP) is 1.55. The van der Waals surface area contributed by atoms with Crippen LogP contribution < -0.4 is 4.52 Å². The number of rotatable bonds is 7. The molecule has 6 nitrogen and oxygen atoms in total. The Morgan fingerprint density at radius 2 is 2.21 bits per heavy atom. The summed E-state index contributed by atoms with van der Waals surface area (Å²) in [6.07, 6.45) is 0. The first kappa shape index (κ1) is 12.3. The molecular formula is C5H14N3O3P3. The summed E-state index contributed by atoms with van der Waals surface area (Å²) in [5.41, 5.74) is 0. The highest BCUT2D eigenvalue weighted by Gasteiger charge is 1.92. The number of aromatic nitrogens is 3. The monoisotopic (exact) mass is 257 g/mol. The van der Waals surface area contributed by atoms with Gasteiger partial charge < -0.3 is 18.5 Å². The SMILES string of the molecule is COCCOCCOp1np[nH][pH][nH]1. The van der Waals surface area contributed by atoms with Gasteiger partial charge >= 0.3 is 0 Å². The third kappa shape index (κ3) is 5.82. The van der Waals surface area contributed by atoms with E-state index < -0.39 is 8.08 Å².